The molecule has 2 nitrogen and oxygen atoms in total. The molecule has 0 spiro atoms. The lowest BCUT2D eigenvalue weighted by molar-refractivity contribution is 0.0521. The van der Waals surface area contributed by atoms with Gasteiger partial charge >= 0.3 is 0 Å². The predicted molar refractivity (Wildman–Crippen MR) is 64.6 cm³/mol. The van der Waals surface area contributed by atoms with Crippen molar-refractivity contribution in [3.8, 4) is 0 Å². The van der Waals surface area contributed by atoms with Crippen molar-refractivity contribution >= 4 is 24.0 Å². The van der Waals surface area contributed by atoms with Crippen LogP contribution in [0.1, 0.15) is 18.4 Å². The lowest BCUT2D eigenvalue weighted by atomic mass is 9.84. The summed E-state index contributed by atoms with van der Waals surface area (Å²) in [5.41, 5.74) is 6.54. The van der Waals surface area contributed by atoms with Gasteiger partial charge in [-0.3, -0.25) is 0 Å². The number of nitrogens with two attached hydrogens (primary N) is 1. The van der Waals surface area contributed by atoms with Crippen LogP contribution < -0.4 is 5.73 Å². The molecule has 2 N–H and O–H groups in total. The zero-order valence-electron chi connectivity index (χ0n) is 8.71. The molecule has 0 atom stereocenters. The molecule has 16 heavy (non-hydrogen) atoms. The summed E-state index contributed by atoms with van der Waals surface area (Å²) in [6.07, 6.45) is 1.43. The van der Waals surface area contributed by atoms with E-state index in [9.17, 15) is 4.39 Å². The molecule has 1 aromatic carbocycles. The van der Waals surface area contributed by atoms with E-state index < -0.39 is 11.4 Å². The maximum Gasteiger partial charge on any atom is 0.142 e. The molecule has 90 valence electrons. The molecule has 0 aliphatic carbocycles. The normalized spacial score (nSPS) is 18.9. The topological polar surface area (TPSA) is 35.2 Å². The summed E-state index contributed by atoms with van der Waals surface area (Å²) in [5.74, 6) is -0.412. The van der Waals surface area contributed by atoms with Crippen molar-refractivity contribution in [3.63, 3.8) is 0 Å². The third-order valence-corrected chi connectivity index (χ3v) is 3.19. The summed E-state index contributed by atoms with van der Waals surface area (Å²) in [6.45, 7) is 1.25. The Labute approximate surface area is 105 Å². The zero-order chi connectivity index (χ0) is 10.9. The van der Waals surface area contributed by atoms with Crippen LogP contribution >= 0.6 is 24.0 Å². The molecule has 0 amide bonds. The van der Waals surface area contributed by atoms with Crippen LogP contribution in [0.4, 0.5) is 4.39 Å². The summed E-state index contributed by atoms with van der Waals surface area (Å²) in [5, 5.41) is 0.134. The van der Waals surface area contributed by atoms with Crippen molar-refractivity contribution in [1.82, 2.24) is 0 Å². The van der Waals surface area contributed by atoms with Crippen LogP contribution in [0.5, 0.6) is 0 Å². The Kier molecular flexibility index (Phi) is 4.56. The standard InChI is InChI=1S/C11H13ClFNO.ClH/c12-9-2-1-8(7-10(9)13)11(14)3-5-15-6-4-11;/h1-2,7H,3-6,14H2;1H. The molecule has 0 bridgehead atoms. The van der Waals surface area contributed by atoms with Crippen molar-refractivity contribution in [2.45, 2.75) is 18.4 Å². The number of rotatable bonds is 1. The van der Waals surface area contributed by atoms with Crippen molar-refractivity contribution in [2.24, 2.45) is 5.73 Å². The summed E-state index contributed by atoms with van der Waals surface area (Å²) in [6, 6.07) is 4.76. The van der Waals surface area contributed by atoms with Crippen molar-refractivity contribution in [2.75, 3.05) is 13.2 Å². The summed E-state index contributed by atoms with van der Waals surface area (Å²) < 4.78 is 18.5. The average molecular weight is 266 g/mol. The highest BCUT2D eigenvalue weighted by Gasteiger charge is 2.30. The largest absolute Gasteiger partial charge is 0.381 e. The van der Waals surface area contributed by atoms with E-state index in [1.807, 2.05) is 0 Å². The Bertz CT molecular complexity index is 367. The second kappa shape index (κ2) is 5.32. The quantitative estimate of drug-likeness (QED) is 0.848. The van der Waals surface area contributed by atoms with E-state index in [1.54, 1.807) is 12.1 Å². The van der Waals surface area contributed by atoms with Gasteiger partial charge in [-0.2, -0.15) is 0 Å². The number of hydrogen-bond donors (Lipinski definition) is 1. The molecule has 2 rings (SSSR count). The SMILES string of the molecule is Cl.NC1(c2ccc(Cl)c(F)c2)CCOCC1. The number of halogens is 3. The average Bonchev–Trinajstić information content (AvgIpc) is 2.23. The second-order valence-electron chi connectivity index (χ2n) is 3.90. The van der Waals surface area contributed by atoms with Crippen LogP contribution in [0.25, 0.3) is 0 Å². The van der Waals surface area contributed by atoms with Gasteiger partial charge < -0.3 is 10.5 Å². The molecule has 1 fully saturated rings. The van der Waals surface area contributed by atoms with Gasteiger partial charge in [-0.15, -0.1) is 12.4 Å². The summed E-state index contributed by atoms with van der Waals surface area (Å²) in [4.78, 5) is 0. The molecular formula is C11H14Cl2FNO. The number of benzene rings is 1. The lowest BCUT2D eigenvalue weighted by Crippen LogP contribution is -2.42. The Morgan fingerprint density at radius 1 is 1.31 bits per heavy atom. The maximum atomic E-state index is 13.3. The highest BCUT2D eigenvalue weighted by atomic mass is 35.5. The molecule has 0 saturated carbocycles. The molecule has 1 aromatic rings. The first-order valence-electron chi connectivity index (χ1n) is 4.94. The van der Waals surface area contributed by atoms with Crippen LogP contribution in [0.2, 0.25) is 5.02 Å². The van der Waals surface area contributed by atoms with Crippen LogP contribution in [0.15, 0.2) is 18.2 Å². The van der Waals surface area contributed by atoms with Gasteiger partial charge in [-0.05, 0) is 30.5 Å². The Hall–Kier alpha value is -0.350. The fourth-order valence-corrected chi connectivity index (χ4v) is 1.95. The van der Waals surface area contributed by atoms with E-state index in [2.05, 4.69) is 0 Å². The minimum absolute atomic E-state index is 0. The fraction of sp³-hybridized carbons (Fsp3) is 0.455. The van der Waals surface area contributed by atoms with Crippen molar-refractivity contribution in [1.29, 1.82) is 0 Å². The van der Waals surface area contributed by atoms with E-state index in [0.717, 1.165) is 5.56 Å². The third kappa shape index (κ3) is 2.66. The lowest BCUT2D eigenvalue weighted by Gasteiger charge is -2.33. The molecule has 1 aliphatic rings. The third-order valence-electron chi connectivity index (χ3n) is 2.88. The van der Waals surface area contributed by atoms with E-state index in [1.165, 1.54) is 6.07 Å². The van der Waals surface area contributed by atoms with Gasteiger partial charge in [-0.25, -0.2) is 4.39 Å². The Balaban J connectivity index is 0.00000128. The fourth-order valence-electron chi connectivity index (χ4n) is 1.83. The molecule has 1 heterocycles. The van der Waals surface area contributed by atoms with Gasteiger partial charge in [0.05, 0.1) is 5.02 Å². The zero-order valence-corrected chi connectivity index (χ0v) is 10.3. The first-order chi connectivity index (χ1) is 7.12. The second-order valence-corrected chi connectivity index (χ2v) is 4.30. The van der Waals surface area contributed by atoms with Gasteiger partial charge in [0.25, 0.3) is 0 Å². The molecular weight excluding hydrogens is 252 g/mol. The maximum absolute atomic E-state index is 13.3. The van der Waals surface area contributed by atoms with Crippen molar-refractivity contribution < 1.29 is 9.13 Å². The summed E-state index contributed by atoms with van der Waals surface area (Å²) in [7, 11) is 0. The van der Waals surface area contributed by atoms with Gasteiger partial charge in [0.15, 0.2) is 0 Å². The van der Waals surface area contributed by atoms with Crippen LogP contribution in [0, 0.1) is 5.82 Å². The van der Waals surface area contributed by atoms with E-state index in [4.69, 9.17) is 22.1 Å². The van der Waals surface area contributed by atoms with E-state index >= 15 is 0 Å². The first-order valence-corrected chi connectivity index (χ1v) is 5.32. The van der Waals surface area contributed by atoms with Crippen LogP contribution in [0.3, 0.4) is 0 Å². The highest BCUT2D eigenvalue weighted by molar-refractivity contribution is 6.30. The summed E-state index contributed by atoms with van der Waals surface area (Å²) >= 11 is 5.62. The molecule has 0 unspecified atom stereocenters. The number of hydrogen-bond acceptors (Lipinski definition) is 2. The van der Waals surface area contributed by atoms with Crippen molar-refractivity contribution in [3.05, 3.63) is 34.6 Å². The van der Waals surface area contributed by atoms with Gasteiger partial charge in [-0.1, -0.05) is 17.7 Å². The van der Waals surface area contributed by atoms with E-state index in [-0.39, 0.29) is 17.4 Å². The minimum atomic E-state index is -0.469. The Morgan fingerprint density at radius 2 is 1.94 bits per heavy atom. The molecule has 0 aromatic heterocycles. The Morgan fingerprint density at radius 3 is 2.50 bits per heavy atom. The highest BCUT2D eigenvalue weighted by Crippen LogP contribution is 2.31. The molecule has 1 saturated heterocycles. The minimum Gasteiger partial charge on any atom is -0.381 e. The van der Waals surface area contributed by atoms with E-state index in [0.29, 0.717) is 26.1 Å². The van der Waals surface area contributed by atoms with Gasteiger partial charge in [0.2, 0.25) is 0 Å². The van der Waals surface area contributed by atoms with Gasteiger partial charge in [0, 0.05) is 18.8 Å². The monoisotopic (exact) mass is 265 g/mol. The van der Waals surface area contributed by atoms with Gasteiger partial charge in [0.1, 0.15) is 5.82 Å². The van der Waals surface area contributed by atoms with Crippen LogP contribution in [-0.2, 0) is 10.3 Å². The number of ether oxygens (including phenoxy) is 1. The predicted octanol–water partition coefficient (Wildman–Crippen LogP) is 2.87. The molecule has 0 radical (unpaired) electrons. The smallest absolute Gasteiger partial charge is 0.142 e. The first kappa shape index (κ1) is 13.7. The van der Waals surface area contributed by atoms with Crippen LogP contribution in [-0.4, -0.2) is 13.2 Å². The molecule has 1 aliphatic heterocycles. The molecule has 5 heteroatoms.